The molecule has 0 spiro atoms. The maximum atomic E-state index is 14.9. The number of nitrogens with two attached hydrogens (primary N) is 1. The van der Waals surface area contributed by atoms with Gasteiger partial charge in [-0.3, -0.25) is 9.69 Å². The van der Waals surface area contributed by atoms with E-state index < -0.39 is 22.6 Å². The summed E-state index contributed by atoms with van der Waals surface area (Å²) < 4.78 is 33.5. The van der Waals surface area contributed by atoms with Gasteiger partial charge in [0.05, 0.1) is 18.2 Å². The van der Waals surface area contributed by atoms with E-state index in [-0.39, 0.29) is 17.4 Å². The van der Waals surface area contributed by atoms with Crippen molar-refractivity contribution in [2.24, 2.45) is 16.1 Å². The zero-order chi connectivity index (χ0) is 21.6. The molecule has 2 aromatic rings. The number of amides is 1. The highest BCUT2D eigenvalue weighted by Gasteiger charge is 2.53. The molecule has 0 saturated heterocycles. The van der Waals surface area contributed by atoms with E-state index in [2.05, 4.69) is 10.3 Å². The van der Waals surface area contributed by atoms with Crippen LogP contribution in [-0.2, 0) is 10.3 Å². The third-order valence-corrected chi connectivity index (χ3v) is 5.67. The van der Waals surface area contributed by atoms with Gasteiger partial charge in [0.15, 0.2) is 5.96 Å². The molecule has 1 amide bonds. The Balaban J connectivity index is 2.09. The van der Waals surface area contributed by atoms with E-state index in [0.717, 1.165) is 0 Å². The van der Waals surface area contributed by atoms with Crippen molar-refractivity contribution in [3.05, 3.63) is 53.6 Å². The van der Waals surface area contributed by atoms with E-state index >= 15 is 0 Å². The zero-order valence-corrected chi connectivity index (χ0v) is 17.0. The number of hydrogen-bond donors (Lipinski definition) is 2. The number of aliphatic imine (C=N–C) groups is 1. The average Bonchev–Trinajstić information content (AvgIpc) is 2.68. The van der Waals surface area contributed by atoms with Gasteiger partial charge in [-0.25, -0.2) is 13.8 Å². The van der Waals surface area contributed by atoms with Crippen molar-refractivity contribution in [2.75, 3.05) is 19.5 Å². The van der Waals surface area contributed by atoms with E-state index in [4.69, 9.17) is 10.5 Å². The van der Waals surface area contributed by atoms with Gasteiger partial charge >= 0.3 is 0 Å². The topological polar surface area (TPSA) is 80.0 Å². The van der Waals surface area contributed by atoms with Gasteiger partial charge in [-0.1, -0.05) is 0 Å². The van der Waals surface area contributed by atoms with Crippen molar-refractivity contribution in [1.82, 2.24) is 4.90 Å². The predicted molar refractivity (Wildman–Crippen MR) is 108 cm³/mol. The summed E-state index contributed by atoms with van der Waals surface area (Å²) in [6.07, 6.45) is 0. The van der Waals surface area contributed by atoms with Gasteiger partial charge in [-0.15, -0.1) is 0 Å². The number of rotatable bonds is 4. The first kappa shape index (κ1) is 20.6. The second-order valence-corrected chi connectivity index (χ2v) is 7.70. The molecule has 0 saturated carbocycles. The maximum Gasteiger partial charge on any atom is 0.237 e. The summed E-state index contributed by atoms with van der Waals surface area (Å²) in [4.78, 5) is 18.6. The molecule has 8 heteroatoms. The van der Waals surface area contributed by atoms with Crippen LogP contribution in [0.15, 0.2) is 41.4 Å². The molecule has 1 aliphatic heterocycles. The Morgan fingerprint density at radius 1 is 1.14 bits per heavy atom. The smallest absolute Gasteiger partial charge is 0.237 e. The number of methoxy groups -OCH3 is 1. The number of guanidine groups is 1. The highest BCUT2D eigenvalue weighted by Crippen LogP contribution is 2.47. The summed E-state index contributed by atoms with van der Waals surface area (Å²) in [6.45, 7) is 5.11. The largest absolute Gasteiger partial charge is 0.494 e. The minimum absolute atomic E-state index is 0.0230. The highest BCUT2D eigenvalue weighted by molar-refractivity contribution is 6.01. The molecule has 0 aliphatic carbocycles. The van der Waals surface area contributed by atoms with Crippen molar-refractivity contribution in [3.63, 3.8) is 0 Å². The van der Waals surface area contributed by atoms with Crippen LogP contribution in [0.3, 0.4) is 0 Å². The molecule has 29 heavy (non-hydrogen) atoms. The van der Waals surface area contributed by atoms with Crippen LogP contribution in [-0.4, -0.2) is 30.9 Å². The molecule has 1 unspecified atom stereocenters. The zero-order valence-electron chi connectivity index (χ0n) is 17.0. The van der Waals surface area contributed by atoms with Gasteiger partial charge in [0, 0.05) is 24.4 Å². The quantitative estimate of drug-likeness (QED) is 0.816. The Morgan fingerprint density at radius 2 is 1.83 bits per heavy atom. The van der Waals surface area contributed by atoms with E-state index in [9.17, 15) is 13.6 Å². The number of ether oxygens (including phenoxy) is 1. The number of halogens is 2. The molecule has 2 aromatic carbocycles. The third kappa shape index (κ3) is 3.28. The van der Waals surface area contributed by atoms with E-state index in [1.54, 1.807) is 32.9 Å². The number of hydrogen-bond acceptors (Lipinski definition) is 5. The second kappa shape index (κ2) is 7.02. The number of anilines is 2. The summed E-state index contributed by atoms with van der Waals surface area (Å²) in [5.41, 5.74) is 4.92. The van der Waals surface area contributed by atoms with Gasteiger partial charge < -0.3 is 15.8 Å². The number of benzene rings is 2. The summed E-state index contributed by atoms with van der Waals surface area (Å²) in [6, 6.07) is 8.48. The second-order valence-electron chi connectivity index (χ2n) is 7.70. The predicted octanol–water partition coefficient (Wildman–Crippen LogP) is 3.75. The lowest BCUT2D eigenvalue weighted by molar-refractivity contribution is -0.140. The van der Waals surface area contributed by atoms with Crippen molar-refractivity contribution in [1.29, 1.82) is 0 Å². The molecule has 3 N–H and O–H groups in total. The molecular formula is C21H24F2N4O2. The van der Waals surface area contributed by atoms with Gasteiger partial charge in [0.25, 0.3) is 0 Å². The summed E-state index contributed by atoms with van der Waals surface area (Å²) in [7, 11) is 2.97. The van der Waals surface area contributed by atoms with Crippen LogP contribution >= 0.6 is 0 Å². The lowest BCUT2D eigenvalue weighted by Gasteiger charge is -2.46. The van der Waals surface area contributed by atoms with Crippen molar-refractivity contribution >= 4 is 23.2 Å². The van der Waals surface area contributed by atoms with Gasteiger partial charge in [-0.05, 0) is 51.1 Å². The molecule has 0 aromatic heterocycles. The lowest BCUT2D eigenvalue weighted by atomic mass is 9.67. The fourth-order valence-corrected chi connectivity index (χ4v) is 3.47. The first-order valence-corrected chi connectivity index (χ1v) is 9.05. The molecule has 1 atom stereocenters. The molecule has 1 heterocycles. The number of carbonyl (C=O) groups excluding carboxylic acids is 1. The maximum absolute atomic E-state index is 14.9. The van der Waals surface area contributed by atoms with Crippen LogP contribution in [0.5, 0.6) is 5.75 Å². The van der Waals surface area contributed by atoms with Gasteiger partial charge in [-0.2, -0.15) is 0 Å². The standard InChI is InChI=1S/C21H24F2N4O2/c1-20(2)18(28)27(4)19(24)26-21(20,3)14-11-13(7-8-15(14)23)25-16-9-6-12(22)10-17(16)29-5/h6-11,25H,1-5H3,(H2,24,26). The minimum atomic E-state index is -1.23. The molecule has 0 radical (unpaired) electrons. The van der Waals surface area contributed by atoms with Crippen LogP contribution in [0.1, 0.15) is 26.3 Å². The summed E-state index contributed by atoms with van der Waals surface area (Å²) in [5.74, 6) is -0.874. The molecule has 6 nitrogen and oxygen atoms in total. The number of nitrogens with zero attached hydrogens (tertiary/aromatic N) is 2. The van der Waals surface area contributed by atoms with E-state index in [1.165, 1.54) is 43.3 Å². The van der Waals surface area contributed by atoms with E-state index in [0.29, 0.717) is 17.1 Å². The fraction of sp³-hybridized carbons (Fsp3) is 0.333. The van der Waals surface area contributed by atoms with Crippen molar-refractivity contribution < 1.29 is 18.3 Å². The van der Waals surface area contributed by atoms with Gasteiger partial charge in [0.2, 0.25) is 5.91 Å². The molecule has 0 fully saturated rings. The lowest BCUT2D eigenvalue weighted by Crippen LogP contribution is -2.58. The highest BCUT2D eigenvalue weighted by atomic mass is 19.1. The summed E-state index contributed by atoms with van der Waals surface area (Å²) in [5, 5.41) is 3.10. The van der Waals surface area contributed by atoms with Crippen LogP contribution in [0.4, 0.5) is 20.2 Å². The Hall–Kier alpha value is -3.16. The van der Waals surface area contributed by atoms with Gasteiger partial charge in [0.1, 0.15) is 22.9 Å². The third-order valence-electron chi connectivity index (χ3n) is 5.67. The molecule has 0 bridgehead atoms. The fourth-order valence-electron chi connectivity index (χ4n) is 3.47. The van der Waals surface area contributed by atoms with Crippen LogP contribution in [0.2, 0.25) is 0 Å². The Kier molecular flexibility index (Phi) is 4.98. The van der Waals surface area contributed by atoms with Crippen molar-refractivity contribution in [2.45, 2.75) is 26.3 Å². The Bertz CT molecular complexity index is 1010. The first-order valence-electron chi connectivity index (χ1n) is 9.05. The molecule has 1 aliphatic rings. The number of carbonyl (C=O) groups is 1. The minimum Gasteiger partial charge on any atom is -0.494 e. The molecule has 3 rings (SSSR count). The van der Waals surface area contributed by atoms with E-state index in [1.807, 2.05) is 0 Å². The van der Waals surface area contributed by atoms with Crippen LogP contribution < -0.4 is 15.8 Å². The number of nitrogens with one attached hydrogen (secondary N) is 1. The molecular weight excluding hydrogens is 378 g/mol. The van der Waals surface area contributed by atoms with Crippen LogP contribution in [0, 0.1) is 17.0 Å². The Morgan fingerprint density at radius 3 is 2.48 bits per heavy atom. The van der Waals surface area contributed by atoms with Crippen LogP contribution in [0.25, 0.3) is 0 Å². The SMILES string of the molecule is COc1cc(F)ccc1Nc1ccc(F)c(C2(C)N=C(N)N(C)C(=O)C2(C)C)c1. The Labute approximate surface area is 168 Å². The average molecular weight is 402 g/mol. The first-order chi connectivity index (χ1) is 13.5. The summed E-state index contributed by atoms with van der Waals surface area (Å²) >= 11 is 0. The normalized spacial score (nSPS) is 21.0. The monoisotopic (exact) mass is 402 g/mol. The van der Waals surface area contributed by atoms with Crippen molar-refractivity contribution in [3.8, 4) is 5.75 Å². The molecule has 154 valence electrons.